The Morgan fingerprint density at radius 3 is 2.33 bits per heavy atom. The molecule has 10 heteroatoms. The van der Waals surface area contributed by atoms with Crippen molar-refractivity contribution in [3.8, 4) is 5.75 Å². The monoisotopic (exact) mass is 424 g/mol. The average Bonchev–Trinajstić information content (AvgIpc) is 3.13. The number of thioether (sulfide) groups is 1. The molecule has 1 saturated heterocycles. The molecule has 2 aromatic rings. The summed E-state index contributed by atoms with van der Waals surface area (Å²) in [6, 6.07) is 12.8. The minimum Gasteiger partial charge on any atom is -0.467 e. The molecule has 2 aromatic carbocycles. The van der Waals surface area contributed by atoms with E-state index in [-0.39, 0.29) is 0 Å². The van der Waals surface area contributed by atoms with Gasteiger partial charge in [-0.25, -0.2) is 0 Å². The molecule has 5 nitrogen and oxygen atoms in total. The number of hydrogen-bond donors (Lipinski definition) is 1. The van der Waals surface area contributed by atoms with Crippen LogP contribution < -0.4 is 4.74 Å². The maximum atomic E-state index is 10.7. The number of alkyl halides is 3. The molecule has 0 radical (unpaired) electrons. The fourth-order valence-electron chi connectivity index (χ4n) is 2.65. The first-order valence-electron chi connectivity index (χ1n) is 7.94. The van der Waals surface area contributed by atoms with E-state index in [1.165, 1.54) is 34.9 Å². The van der Waals surface area contributed by atoms with E-state index in [0.29, 0.717) is 12.0 Å². The van der Waals surface area contributed by atoms with Gasteiger partial charge in [0, 0.05) is 17.7 Å². The van der Waals surface area contributed by atoms with Crippen LogP contribution in [0.15, 0.2) is 36.4 Å². The minimum atomic E-state index is -5.84. The molecule has 1 heterocycles. The number of benzene rings is 2. The van der Waals surface area contributed by atoms with Crippen LogP contribution in [0.1, 0.15) is 23.7 Å². The van der Waals surface area contributed by atoms with Gasteiger partial charge in [-0.2, -0.15) is 33.4 Å². The second-order valence-corrected chi connectivity index (χ2v) is 8.40. The van der Waals surface area contributed by atoms with Crippen molar-refractivity contribution in [2.24, 2.45) is 0 Å². The Balaban J connectivity index is 0.000000279. The van der Waals surface area contributed by atoms with Gasteiger partial charge < -0.3 is 9.47 Å². The summed E-state index contributed by atoms with van der Waals surface area (Å²) >= 11 is 2.07. The Kier molecular flexibility index (Phi) is 7.38. The van der Waals surface area contributed by atoms with Crippen molar-refractivity contribution in [3.63, 3.8) is 0 Å². The summed E-state index contributed by atoms with van der Waals surface area (Å²) in [6.45, 7) is 0.293. The van der Waals surface area contributed by atoms with E-state index in [4.69, 9.17) is 22.4 Å². The molecule has 0 bridgehead atoms. The summed E-state index contributed by atoms with van der Waals surface area (Å²) in [5.41, 5.74) is -4.09. The zero-order valence-electron chi connectivity index (χ0n) is 14.4. The van der Waals surface area contributed by atoms with Crippen molar-refractivity contribution in [1.82, 2.24) is 0 Å². The van der Waals surface area contributed by atoms with Crippen LogP contribution in [0.4, 0.5) is 13.2 Å². The van der Waals surface area contributed by atoms with Gasteiger partial charge in [-0.15, -0.1) is 0 Å². The van der Waals surface area contributed by atoms with E-state index in [0.717, 1.165) is 5.75 Å². The molecule has 1 atom stereocenters. The molecular formula is C17H19F3O5S2. The van der Waals surface area contributed by atoms with Gasteiger partial charge >= 0.3 is 15.6 Å². The number of ether oxygens (including phenoxy) is 2. The van der Waals surface area contributed by atoms with Gasteiger partial charge in [0.25, 0.3) is 0 Å². The standard InChI is InChI=1S/C16H18O2S.CHF3O3S/c1-17-11-18-15-9-8-14(16-7-4-10-19-16)12-5-2-3-6-13(12)15;2-1(3,4)8(5,6)7/h2-3,5-6,8-9,16H,4,7,10-11H2,1H3;(H,5,6,7). The van der Waals surface area contributed by atoms with Crippen LogP contribution >= 0.6 is 11.8 Å². The number of fused-ring (bicyclic) bond motifs is 1. The topological polar surface area (TPSA) is 72.8 Å². The van der Waals surface area contributed by atoms with Crippen molar-refractivity contribution in [3.05, 3.63) is 42.0 Å². The third-order valence-electron chi connectivity index (χ3n) is 3.82. The lowest BCUT2D eigenvalue weighted by Crippen LogP contribution is -2.21. The van der Waals surface area contributed by atoms with Crippen LogP contribution in [0, 0.1) is 0 Å². The average molecular weight is 424 g/mol. The number of rotatable bonds is 4. The highest BCUT2D eigenvalue weighted by Crippen LogP contribution is 2.43. The maximum Gasteiger partial charge on any atom is 0.522 e. The SMILES string of the molecule is COCOc1ccc(C2CCCS2)c2ccccc12.O=S(=O)(O)C(F)(F)F. The van der Waals surface area contributed by atoms with Gasteiger partial charge in [0.05, 0.1) is 0 Å². The molecular weight excluding hydrogens is 405 g/mol. The van der Waals surface area contributed by atoms with Gasteiger partial charge in [0.15, 0.2) is 6.79 Å². The molecule has 0 saturated carbocycles. The first-order chi connectivity index (χ1) is 12.6. The zero-order valence-corrected chi connectivity index (χ0v) is 16.0. The van der Waals surface area contributed by atoms with Crippen molar-refractivity contribution in [2.75, 3.05) is 19.7 Å². The van der Waals surface area contributed by atoms with Crippen molar-refractivity contribution < 1.29 is 35.6 Å². The van der Waals surface area contributed by atoms with Gasteiger partial charge in [-0.3, -0.25) is 4.55 Å². The smallest absolute Gasteiger partial charge is 0.467 e. The minimum absolute atomic E-state index is 0.293. The van der Waals surface area contributed by atoms with Gasteiger partial charge in [0.2, 0.25) is 0 Å². The lowest BCUT2D eigenvalue weighted by Gasteiger charge is -2.15. The predicted octanol–water partition coefficient (Wildman–Crippen LogP) is 4.78. The van der Waals surface area contributed by atoms with Crippen LogP contribution in [0.3, 0.4) is 0 Å². The van der Waals surface area contributed by atoms with Crippen molar-refractivity contribution >= 4 is 32.7 Å². The first kappa shape index (κ1) is 21.8. The van der Waals surface area contributed by atoms with Crippen LogP contribution in [0.25, 0.3) is 10.8 Å². The molecule has 0 spiro atoms. The molecule has 0 aromatic heterocycles. The molecule has 27 heavy (non-hydrogen) atoms. The van der Waals surface area contributed by atoms with Gasteiger partial charge in [-0.1, -0.05) is 30.3 Å². The summed E-state index contributed by atoms with van der Waals surface area (Å²) in [6.07, 6.45) is 2.61. The van der Waals surface area contributed by atoms with Crippen molar-refractivity contribution in [2.45, 2.75) is 23.6 Å². The fourth-order valence-corrected chi connectivity index (χ4v) is 3.98. The highest BCUT2D eigenvalue weighted by molar-refractivity contribution is 7.99. The largest absolute Gasteiger partial charge is 0.522 e. The predicted molar refractivity (Wildman–Crippen MR) is 98.5 cm³/mol. The Hall–Kier alpha value is -1.49. The maximum absolute atomic E-state index is 10.7. The Labute approximate surface area is 159 Å². The van der Waals surface area contributed by atoms with E-state index in [1.807, 2.05) is 0 Å². The number of hydrogen-bond acceptors (Lipinski definition) is 5. The Morgan fingerprint density at radius 1 is 1.19 bits per heavy atom. The van der Waals surface area contributed by atoms with Crippen LogP contribution in [0.5, 0.6) is 5.75 Å². The van der Waals surface area contributed by atoms with E-state index >= 15 is 0 Å². The molecule has 3 rings (SSSR count). The number of halogens is 3. The second-order valence-electron chi connectivity index (χ2n) is 5.67. The van der Waals surface area contributed by atoms with Crippen LogP contribution in [-0.2, 0) is 14.9 Å². The van der Waals surface area contributed by atoms with Crippen LogP contribution in [-0.4, -0.2) is 38.1 Å². The van der Waals surface area contributed by atoms with E-state index in [2.05, 4.69) is 48.2 Å². The zero-order chi connectivity index (χ0) is 20.1. The lowest BCUT2D eigenvalue weighted by atomic mass is 9.99. The van der Waals surface area contributed by atoms with E-state index in [9.17, 15) is 13.2 Å². The molecule has 150 valence electrons. The van der Waals surface area contributed by atoms with Gasteiger partial charge in [0.1, 0.15) is 5.75 Å². The third kappa shape index (κ3) is 5.74. The second kappa shape index (κ2) is 9.13. The molecule has 1 fully saturated rings. The number of methoxy groups -OCH3 is 1. The third-order valence-corrected chi connectivity index (χ3v) is 5.82. The van der Waals surface area contributed by atoms with Gasteiger partial charge in [-0.05, 0) is 35.6 Å². The van der Waals surface area contributed by atoms with E-state index < -0.39 is 15.6 Å². The summed E-state index contributed by atoms with van der Waals surface area (Å²) in [5, 5.41) is 3.14. The first-order valence-corrected chi connectivity index (χ1v) is 10.4. The van der Waals surface area contributed by atoms with Crippen LogP contribution in [0.2, 0.25) is 0 Å². The normalized spacial score (nSPS) is 17.4. The molecule has 1 N–H and O–H groups in total. The molecule has 0 amide bonds. The van der Waals surface area contributed by atoms with E-state index in [1.54, 1.807) is 7.11 Å². The molecule has 1 unspecified atom stereocenters. The Morgan fingerprint density at radius 2 is 1.81 bits per heavy atom. The molecule has 1 aliphatic heterocycles. The summed E-state index contributed by atoms with van der Waals surface area (Å²) in [4.78, 5) is 0. The fraction of sp³-hybridized carbons (Fsp3) is 0.412. The lowest BCUT2D eigenvalue weighted by molar-refractivity contribution is -0.0510. The molecule has 0 aliphatic carbocycles. The summed E-state index contributed by atoms with van der Waals surface area (Å²) < 4.78 is 68.2. The quantitative estimate of drug-likeness (QED) is 0.432. The molecule has 1 aliphatic rings. The summed E-state index contributed by atoms with van der Waals surface area (Å²) in [7, 11) is -4.20. The summed E-state index contributed by atoms with van der Waals surface area (Å²) in [5.74, 6) is 2.19. The van der Waals surface area contributed by atoms with Crippen molar-refractivity contribution in [1.29, 1.82) is 0 Å². The highest BCUT2D eigenvalue weighted by atomic mass is 32.2. The highest BCUT2D eigenvalue weighted by Gasteiger charge is 2.44. The Bertz CT molecular complexity index is 862.